The zero-order valence-electron chi connectivity index (χ0n) is 10.1. The molecule has 0 fully saturated rings. The van der Waals surface area contributed by atoms with E-state index < -0.39 is 0 Å². The summed E-state index contributed by atoms with van der Waals surface area (Å²) in [5, 5.41) is 3.48. The quantitative estimate of drug-likeness (QED) is 0.849. The molecule has 0 aromatic heterocycles. The van der Waals surface area contributed by atoms with E-state index >= 15 is 0 Å². The number of hydrogen-bond acceptors (Lipinski definition) is 2. The van der Waals surface area contributed by atoms with Crippen LogP contribution in [0.15, 0.2) is 53.5 Å². The van der Waals surface area contributed by atoms with Gasteiger partial charge in [0.05, 0.1) is 23.5 Å². The smallest absolute Gasteiger partial charge is 0.253 e. The van der Waals surface area contributed by atoms with E-state index in [0.717, 1.165) is 11.3 Å². The fourth-order valence-corrected chi connectivity index (χ4v) is 2.30. The van der Waals surface area contributed by atoms with Crippen LogP contribution in [-0.4, -0.2) is 18.2 Å². The Hall–Kier alpha value is -2.13. The second-order valence-corrected chi connectivity index (χ2v) is 4.65. The van der Waals surface area contributed by atoms with Gasteiger partial charge in [0.15, 0.2) is 0 Å². The van der Waals surface area contributed by atoms with Crippen LogP contribution in [0.4, 0.5) is 5.69 Å². The fraction of sp³-hybridized carbons (Fsp3) is 0.0667. The van der Waals surface area contributed by atoms with Gasteiger partial charge in [0.2, 0.25) is 0 Å². The lowest BCUT2D eigenvalue weighted by molar-refractivity contribution is 0.0961. The van der Waals surface area contributed by atoms with Crippen molar-refractivity contribution >= 4 is 28.9 Å². The zero-order chi connectivity index (χ0) is 13.2. The average molecular weight is 271 g/mol. The number of nitrogens with one attached hydrogen (secondary N) is 1. The number of carbonyl (C=O) groups is 1. The molecule has 4 heteroatoms. The molecule has 1 N–H and O–H groups in total. The Kier molecular flexibility index (Phi) is 3.05. The van der Waals surface area contributed by atoms with Crippen molar-refractivity contribution in [3.05, 3.63) is 64.7 Å². The number of benzene rings is 2. The number of amides is 1. The summed E-state index contributed by atoms with van der Waals surface area (Å²) in [6.45, 7) is 0.372. The van der Waals surface area contributed by atoms with Gasteiger partial charge in [-0.2, -0.15) is 0 Å². The fourth-order valence-electron chi connectivity index (χ4n) is 2.06. The molecule has 19 heavy (non-hydrogen) atoms. The van der Waals surface area contributed by atoms with Crippen LogP contribution in [0.3, 0.4) is 0 Å². The highest BCUT2D eigenvalue weighted by Crippen LogP contribution is 2.24. The lowest BCUT2D eigenvalue weighted by atomic mass is 10.1. The predicted molar refractivity (Wildman–Crippen MR) is 76.4 cm³/mol. The van der Waals surface area contributed by atoms with Crippen molar-refractivity contribution in [1.29, 1.82) is 0 Å². The van der Waals surface area contributed by atoms with Crippen molar-refractivity contribution in [3.8, 4) is 0 Å². The molecule has 0 bridgehead atoms. The SMILES string of the molecule is O=C1NCC(c2ccccc2Cl)=Nc2ccccc21. The lowest BCUT2D eigenvalue weighted by Crippen LogP contribution is -2.28. The molecule has 0 radical (unpaired) electrons. The van der Waals surface area contributed by atoms with E-state index in [1.807, 2.05) is 42.5 Å². The standard InChI is InChI=1S/C15H11ClN2O/c16-12-7-3-1-5-10(12)14-9-17-15(19)11-6-2-4-8-13(11)18-14/h1-8H,9H2,(H,17,19). The van der Waals surface area contributed by atoms with Crippen molar-refractivity contribution in [3.63, 3.8) is 0 Å². The van der Waals surface area contributed by atoms with E-state index in [4.69, 9.17) is 11.6 Å². The molecule has 1 amide bonds. The maximum absolute atomic E-state index is 11.9. The van der Waals surface area contributed by atoms with Crippen molar-refractivity contribution in [2.24, 2.45) is 4.99 Å². The van der Waals surface area contributed by atoms with E-state index in [9.17, 15) is 4.79 Å². The molecule has 1 aliphatic heterocycles. The van der Waals surface area contributed by atoms with Crippen molar-refractivity contribution < 1.29 is 4.79 Å². The van der Waals surface area contributed by atoms with Crippen LogP contribution in [0.25, 0.3) is 0 Å². The topological polar surface area (TPSA) is 41.5 Å². The first-order chi connectivity index (χ1) is 9.25. The van der Waals surface area contributed by atoms with Gasteiger partial charge in [-0.05, 0) is 18.2 Å². The first-order valence-electron chi connectivity index (χ1n) is 5.95. The van der Waals surface area contributed by atoms with Crippen LogP contribution >= 0.6 is 11.6 Å². The minimum absolute atomic E-state index is 0.110. The maximum atomic E-state index is 11.9. The van der Waals surface area contributed by atoms with E-state index in [1.54, 1.807) is 6.07 Å². The number of rotatable bonds is 1. The zero-order valence-corrected chi connectivity index (χ0v) is 10.8. The molecule has 1 heterocycles. The highest BCUT2D eigenvalue weighted by molar-refractivity contribution is 6.34. The molecule has 0 unspecified atom stereocenters. The summed E-state index contributed by atoms with van der Waals surface area (Å²) in [7, 11) is 0. The number of hydrogen-bond donors (Lipinski definition) is 1. The summed E-state index contributed by atoms with van der Waals surface area (Å²) in [6.07, 6.45) is 0. The molecule has 2 aromatic rings. The Morgan fingerprint density at radius 1 is 1.00 bits per heavy atom. The highest BCUT2D eigenvalue weighted by Gasteiger charge is 2.17. The van der Waals surface area contributed by atoms with Gasteiger partial charge in [0, 0.05) is 10.6 Å². The van der Waals surface area contributed by atoms with Gasteiger partial charge < -0.3 is 5.32 Å². The van der Waals surface area contributed by atoms with Crippen LogP contribution in [-0.2, 0) is 0 Å². The van der Waals surface area contributed by atoms with Crippen molar-refractivity contribution in [2.45, 2.75) is 0 Å². The Bertz CT molecular complexity index is 679. The van der Waals surface area contributed by atoms with Gasteiger partial charge >= 0.3 is 0 Å². The molecule has 2 aromatic carbocycles. The number of carbonyl (C=O) groups excluding carboxylic acids is 1. The van der Waals surface area contributed by atoms with Crippen LogP contribution in [0, 0.1) is 0 Å². The molecule has 0 atom stereocenters. The third kappa shape index (κ3) is 2.25. The van der Waals surface area contributed by atoms with Gasteiger partial charge in [0.25, 0.3) is 5.91 Å². The van der Waals surface area contributed by atoms with Gasteiger partial charge in [-0.25, -0.2) is 0 Å². The van der Waals surface area contributed by atoms with Crippen molar-refractivity contribution in [1.82, 2.24) is 5.32 Å². The third-order valence-corrected chi connectivity index (χ3v) is 3.33. The number of nitrogens with zero attached hydrogens (tertiary/aromatic N) is 1. The summed E-state index contributed by atoms with van der Waals surface area (Å²) in [5.41, 5.74) is 2.88. The monoisotopic (exact) mass is 270 g/mol. The normalized spacial score (nSPS) is 14.2. The molecule has 1 aliphatic rings. The highest BCUT2D eigenvalue weighted by atomic mass is 35.5. The first-order valence-corrected chi connectivity index (χ1v) is 6.33. The molecule has 3 nitrogen and oxygen atoms in total. The van der Waals surface area contributed by atoms with Gasteiger partial charge in [-0.3, -0.25) is 9.79 Å². The second-order valence-electron chi connectivity index (χ2n) is 4.24. The first kappa shape index (κ1) is 11.9. The molecule has 3 rings (SSSR count). The largest absolute Gasteiger partial charge is 0.346 e. The van der Waals surface area contributed by atoms with E-state index in [2.05, 4.69) is 10.3 Å². The molecular weight excluding hydrogens is 260 g/mol. The van der Waals surface area contributed by atoms with Gasteiger partial charge in [0.1, 0.15) is 0 Å². The molecule has 0 saturated carbocycles. The number of aliphatic imine (C=N–C) groups is 1. The van der Waals surface area contributed by atoms with Gasteiger partial charge in [-0.1, -0.05) is 41.9 Å². The average Bonchev–Trinajstić information content (AvgIpc) is 2.60. The van der Waals surface area contributed by atoms with E-state index in [1.165, 1.54) is 0 Å². The van der Waals surface area contributed by atoms with Crippen molar-refractivity contribution in [2.75, 3.05) is 6.54 Å². The van der Waals surface area contributed by atoms with Crippen LogP contribution in [0.2, 0.25) is 5.02 Å². The molecule has 0 saturated heterocycles. The number of para-hydroxylation sites is 1. The summed E-state index contributed by atoms with van der Waals surface area (Å²) < 4.78 is 0. The minimum atomic E-state index is -0.110. The Balaban J connectivity index is 2.13. The molecule has 94 valence electrons. The van der Waals surface area contributed by atoms with Crippen LogP contribution in [0.1, 0.15) is 15.9 Å². The third-order valence-electron chi connectivity index (χ3n) is 3.01. The summed E-state index contributed by atoms with van der Waals surface area (Å²) >= 11 is 6.18. The number of fused-ring (bicyclic) bond motifs is 1. The Morgan fingerprint density at radius 3 is 2.47 bits per heavy atom. The Morgan fingerprint density at radius 2 is 1.68 bits per heavy atom. The summed E-state index contributed by atoms with van der Waals surface area (Å²) in [6, 6.07) is 14.8. The minimum Gasteiger partial charge on any atom is -0.346 e. The van der Waals surface area contributed by atoms with E-state index in [0.29, 0.717) is 22.8 Å². The summed E-state index contributed by atoms with van der Waals surface area (Å²) in [5.74, 6) is -0.110. The van der Waals surface area contributed by atoms with Crippen LogP contribution in [0.5, 0.6) is 0 Å². The summed E-state index contributed by atoms with van der Waals surface area (Å²) in [4.78, 5) is 16.5. The predicted octanol–water partition coefficient (Wildman–Crippen LogP) is 3.20. The molecule has 0 spiro atoms. The second kappa shape index (κ2) is 4.86. The van der Waals surface area contributed by atoms with Crippen LogP contribution < -0.4 is 5.32 Å². The molecule has 0 aliphatic carbocycles. The van der Waals surface area contributed by atoms with Gasteiger partial charge in [-0.15, -0.1) is 0 Å². The Labute approximate surface area is 115 Å². The maximum Gasteiger partial charge on any atom is 0.253 e. The number of halogens is 1. The lowest BCUT2D eigenvalue weighted by Gasteiger charge is -2.06. The molecular formula is C15H11ClN2O. The van der Waals surface area contributed by atoms with E-state index in [-0.39, 0.29) is 5.91 Å².